The first-order chi connectivity index (χ1) is 5.02. The molecule has 0 saturated heterocycles. The standard InChI is InChI=1S/C5H6N2O3S.H2O/c6-4-1-2-7-3-5(4)11(8,9)10;/h1-3H,(H2,6,7)(H,8,9,10);1H2. The number of aromatic nitrogens is 1. The Balaban J connectivity index is 0.00000121. The lowest BCUT2D eigenvalue weighted by Crippen LogP contribution is -2.09. The number of pyridine rings is 1. The van der Waals surface area contributed by atoms with Crippen molar-refractivity contribution in [3.8, 4) is 0 Å². The van der Waals surface area contributed by atoms with Crippen LogP contribution >= 0.6 is 0 Å². The quantitative estimate of drug-likeness (QED) is 0.524. The van der Waals surface area contributed by atoms with E-state index in [0.29, 0.717) is 0 Å². The maximum atomic E-state index is 10.4. The van der Waals surface area contributed by atoms with Gasteiger partial charge in [-0.25, -0.2) is 13.4 Å². The summed E-state index contributed by atoms with van der Waals surface area (Å²) in [5.41, 5.74) is 5.16. The molecule has 1 aromatic heterocycles. The summed E-state index contributed by atoms with van der Waals surface area (Å²) in [4.78, 5) is 2.03. The first-order valence-corrected chi connectivity index (χ1v) is 4.14. The number of anilines is 1. The summed E-state index contributed by atoms with van der Waals surface area (Å²) < 4.78 is 31.2. The molecule has 0 spiro atoms. The molecule has 0 saturated carbocycles. The molecule has 1 aromatic rings. The Morgan fingerprint density at radius 1 is 1.50 bits per heavy atom. The van der Waals surface area contributed by atoms with E-state index in [4.69, 9.17) is 5.73 Å². The highest BCUT2D eigenvalue weighted by Gasteiger charge is 2.07. The van der Waals surface area contributed by atoms with Gasteiger partial charge in [0.2, 0.25) is 0 Å². The second-order valence-electron chi connectivity index (χ2n) is 1.92. The van der Waals surface area contributed by atoms with Gasteiger partial charge in [-0.1, -0.05) is 0 Å². The molecule has 7 heteroatoms. The Morgan fingerprint density at radius 3 is 2.42 bits per heavy atom. The maximum absolute atomic E-state index is 10.4. The molecular formula is C5H8N2O4S. The van der Waals surface area contributed by atoms with Crippen molar-refractivity contribution in [2.24, 2.45) is 0 Å². The molecule has 5 N–H and O–H groups in total. The summed E-state index contributed by atoms with van der Waals surface area (Å²) in [7, 11) is -4.44. The van der Waals surface area contributed by atoms with Gasteiger partial charge in [-0.15, -0.1) is 0 Å². The van der Waals surface area contributed by atoms with Crippen LogP contribution in [-0.2, 0) is 10.1 Å². The van der Waals surface area contributed by atoms with Crippen LogP contribution in [0.15, 0.2) is 23.4 Å². The summed E-state index contributed by atoms with van der Waals surface area (Å²) in [6, 6.07) is 1.31. The van der Waals surface area contributed by atoms with E-state index in [1.165, 1.54) is 12.3 Å². The number of rotatable bonds is 1. The second-order valence-corrected chi connectivity index (χ2v) is 3.27. The molecule has 0 bridgehead atoms. The first kappa shape index (κ1) is 10.8. The fourth-order valence-electron chi connectivity index (χ4n) is 0.644. The molecule has 0 atom stereocenters. The fraction of sp³-hybridized carbons (Fsp3) is 0. The Hall–Kier alpha value is -1.18. The monoisotopic (exact) mass is 192 g/mol. The van der Waals surface area contributed by atoms with E-state index in [1.807, 2.05) is 0 Å². The third-order valence-corrected chi connectivity index (χ3v) is 2.02. The van der Waals surface area contributed by atoms with E-state index < -0.39 is 15.0 Å². The zero-order chi connectivity index (χ0) is 8.48. The number of H-pyrrole nitrogens is 1. The minimum atomic E-state index is -4.44. The minimum Gasteiger partial charge on any atom is -0.744 e. The van der Waals surface area contributed by atoms with Crippen LogP contribution in [-0.4, -0.2) is 18.4 Å². The van der Waals surface area contributed by atoms with Gasteiger partial charge in [0.15, 0.2) is 12.4 Å². The average Bonchev–Trinajstić information content (AvgIpc) is 1.86. The topological polar surface area (TPSA) is 129 Å². The lowest BCUT2D eigenvalue weighted by Gasteiger charge is -2.05. The predicted molar refractivity (Wildman–Crippen MR) is 39.0 cm³/mol. The van der Waals surface area contributed by atoms with Crippen LogP contribution in [0.1, 0.15) is 0 Å². The summed E-state index contributed by atoms with van der Waals surface area (Å²) in [6.07, 6.45) is 2.49. The van der Waals surface area contributed by atoms with Crippen LogP contribution in [0.4, 0.5) is 5.69 Å². The van der Waals surface area contributed by atoms with Crippen molar-refractivity contribution in [3.05, 3.63) is 18.5 Å². The molecule has 0 aliphatic heterocycles. The van der Waals surface area contributed by atoms with Gasteiger partial charge in [0, 0.05) is 6.07 Å². The molecule has 0 aromatic carbocycles. The normalized spacial score (nSPS) is 10.4. The molecule has 0 amide bonds. The van der Waals surface area contributed by atoms with Crippen LogP contribution in [0, 0.1) is 0 Å². The van der Waals surface area contributed by atoms with E-state index in [-0.39, 0.29) is 11.2 Å². The molecule has 0 radical (unpaired) electrons. The lowest BCUT2D eigenvalue weighted by atomic mass is 10.4. The Kier molecular flexibility index (Phi) is 3.14. The smallest absolute Gasteiger partial charge is 0.186 e. The van der Waals surface area contributed by atoms with Gasteiger partial charge in [0.05, 0.1) is 5.69 Å². The van der Waals surface area contributed by atoms with E-state index in [2.05, 4.69) is 4.98 Å². The van der Waals surface area contributed by atoms with Crippen LogP contribution in [0.5, 0.6) is 0 Å². The SMILES string of the molecule is Nc1cc[nH+]cc1S(=O)(=O)[O-].O. The van der Waals surface area contributed by atoms with Gasteiger partial charge in [0.25, 0.3) is 0 Å². The zero-order valence-electron chi connectivity index (χ0n) is 5.94. The van der Waals surface area contributed by atoms with Crippen molar-refractivity contribution >= 4 is 15.8 Å². The third kappa shape index (κ3) is 2.16. The summed E-state index contributed by atoms with van der Waals surface area (Å²) >= 11 is 0. The Morgan fingerprint density at radius 2 is 2.08 bits per heavy atom. The average molecular weight is 192 g/mol. The summed E-state index contributed by atoms with van der Waals surface area (Å²) in [6.45, 7) is 0. The van der Waals surface area contributed by atoms with Gasteiger partial charge in [-0.3, -0.25) is 0 Å². The molecular weight excluding hydrogens is 184 g/mol. The van der Waals surface area contributed by atoms with Crippen LogP contribution in [0.3, 0.4) is 0 Å². The fourth-order valence-corrected chi connectivity index (χ4v) is 1.21. The summed E-state index contributed by atoms with van der Waals surface area (Å²) in [5.74, 6) is 0. The molecule has 1 heterocycles. The number of nitrogens with two attached hydrogens (primary N) is 1. The second kappa shape index (κ2) is 3.48. The van der Waals surface area contributed by atoms with E-state index in [1.54, 1.807) is 0 Å². The van der Waals surface area contributed by atoms with Gasteiger partial charge >= 0.3 is 0 Å². The lowest BCUT2D eigenvalue weighted by molar-refractivity contribution is -0.380. The van der Waals surface area contributed by atoms with Crippen molar-refractivity contribution in [3.63, 3.8) is 0 Å². The van der Waals surface area contributed by atoms with Crippen LogP contribution in [0.2, 0.25) is 0 Å². The van der Waals surface area contributed by atoms with E-state index in [9.17, 15) is 13.0 Å². The van der Waals surface area contributed by atoms with Gasteiger partial charge < -0.3 is 15.8 Å². The predicted octanol–water partition coefficient (Wildman–Crippen LogP) is -1.84. The highest BCUT2D eigenvalue weighted by atomic mass is 32.2. The third-order valence-electron chi connectivity index (χ3n) is 1.13. The molecule has 68 valence electrons. The van der Waals surface area contributed by atoms with Crippen molar-refractivity contribution in [2.45, 2.75) is 4.90 Å². The molecule has 0 fully saturated rings. The number of nitrogen functional groups attached to an aromatic ring is 1. The van der Waals surface area contributed by atoms with Crippen molar-refractivity contribution in [1.82, 2.24) is 0 Å². The Bertz CT molecular complexity index is 361. The molecule has 0 aliphatic rings. The number of hydrogen-bond donors (Lipinski definition) is 1. The van der Waals surface area contributed by atoms with Gasteiger partial charge in [-0.2, -0.15) is 0 Å². The first-order valence-electron chi connectivity index (χ1n) is 2.73. The van der Waals surface area contributed by atoms with Crippen LogP contribution in [0.25, 0.3) is 0 Å². The summed E-state index contributed by atoms with van der Waals surface area (Å²) in [5, 5.41) is 0. The minimum absolute atomic E-state index is 0. The zero-order valence-corrected chi connectivity index (χ0v) is 6.76. The molecule has 0 aliphatic carbocycles. The largest absolute Gasteiger partial charge is 0.744 e. The van der Waals surface area contributed by atoms with Crippen LogP contribution < -0.4 is 10.7 Å². The van der Waals surface area contributed by atoms with E-state index >= 15 is 0 Å². The maximum Gasteiger partial charge on any atom is 0.186 e. The molecule has 12 heavy (non-hydrogen) atoms. The Labute approximate surface area is 69.1 Å². The van der Waals surface area contributed by atoms with Crippen molar-refractivity contribution < 1.29 is 23.4 Å². The number of hydrogen-bond acceptors (Lipinski definition) is 4. The van der Waals surface area contributed by atoms with Crippen molar-refractivity contribution in [2.75, 3.05) is 5.73 Å². The number of aromatic amines is 1. The van der Waals surface area contributed by atoms with Gasteiger partial charge in [0.1, 0.15) is 15.0 Å². The van der Waals surface area contributed by atoms with E-state index in [0.717, 1.165) is 6.20 Å². The molecule has 1 rings (SSSR count). The van der Waals surface area contributed by atoms with Gasteiger partial charge in [-0.05, 0) is 0 Å². The molecule has 0 unspecified atom stereocenters. The number of nitrogens with one attached hydrogen (secondary N) is 1. The van der Waals surface area contributed by atoms with Crippen molar-refractivity contribution in [1.29, 1.82) is 0 Å². The highest BCUT2D eigenvalue weighted by Crippen LogP contribution is 2.12. The molecule has 6 nitrogen and oxygen atoms in total. The highest BCUT2D eigenvalue weighted by molar-refractivity contribution is 7.85.